The Kier molecular flexibility index (Phi) is 3.53. The molecule has 3 heteroatoms. The van der Waals surface area contributed by atoms with Crippen molar-refractivity contribution in [2.45, 2.75) is 45.1 Å². The smallest absolute Gasteiger partial charge is 0.0701 e. The maximum Gasteiger partial charge on any atom is 0.0701 e. The van der Waals surface area contributed by atoms with E-state index in [1.54, 1.807) is 11.3 Å². The van der Waals surface area contributed by atoms with Crippen LogP contribution in [0.1, 0.15) is 49.9 Å². The summed E-state index contributed by atoms with van der Waals surface area (Å²) in [6, 6.07) is 4.52. The van der Waals surface area contributed by atoms with Crippen molar-refractivity contribution in [1.29, 1.82) is 0 Å². The molecule has 2 N–H and O–H groups in total. The van der Waals surface area contributed by atoms with E-state index in [2.05, 4.69) is 35.0 Å². The molecule has 1 heterocycles. The normalized spacial score (nSPS) is 21.8. The van der Waals surface area contributed by atoms with E-state index < -0.39 is 0 Å². The summed E-state index contributed by atoms with van der Waals surface area (Å²) in [5.41, 5.74) is 6.83. The van der Waals surface area contributed by atoms with Crippen LogP contribution in [0.25, 0.3) is 0 Å². The van der Waals surface area contributed by atoms with Gasteiger partial charge >= 0.3 is 0 Å². The van der Waals surface area contributed by atoms with E-state index in [0.717, 1.165) is 0 Å². The van der Waals surface area contributed by atoms with Crippen LogP contribution in [0.4, 0.5) is 0 Å². The van der Waals surface area contributed by atoms with Crippen molar-refractivity contribution in [1.82, 2.24) is 0 Å². The van der Waals surface area contributed by atoms with Crippen LogP contribution in [0, 0.1) is 5.41 Å². The van der Waals surface area contributed by atoms with Crippen molar-refractivity contribution in [3.05, 3.63) is 20.8 Å². The lowest BCUT2D eigenvalue weighted by Gasteiger charge is -2.33. The summed E-state index contributed by atoms with van der Waals surface area (Å²) >= 11 is 5.30. The molecule has 1 aliphatic rings. The fourth-order valence-corrected chi connectivity index (χ4v) is 4.33. The molecule has 0 aliphatic heterocycles. The van der Waals surface area contributed by atoms with Gasteiger partial charge in [-0.05, 0) is 52.7 Å². The summed E-state index contributed by atoms with van der Waals surface area (Å²) in [4.78, 5) is 1.34. The Morgan fingerprint density at radius 1 is 1.47 bits per heavy atom. The zero-order valence-corrected chi connectivity index (χ0v) is 11.5. The Hall–Kier alpha value is 0.140. The quantitative estimate of drug-likeness (QED) is 0.871. The minimum absolute atomic E-state index is 0.237. The van der Waals surface area contributed by atoms with Gasteiger partial charge < -0.3 is 5.73 Å². The van der Waals surface area contributed by atoms with Crippen molar-refractivity contribution >= 4 is 27.3 Å². The molecule has 84 valence electrons. The third kappa shape index (κ3) is 2.15. The second-order valence-corrected chi connectivity index (χ2v) is 7.04. The molecule has 0 radical (unpaired) electrons. The van der Waals surface area contributed by atoms with Gasteiger partial charge in [-0.2, -0.15) is 0 Å². The van der Waals surface area contributed by atoms with Crippen LogP contribution < -0.4 is 5.73 Å². The van der Waals surface area contributed by atoms with Crippen molar-refractivity contribution < 1.29 is 0 Å². The van der Waals surface area contributed by atoms with E-state index in [1.165, 1.54) is 40.8 Å². The molecule has 0 spiro atoms. The van der Waals surface area contributed by atoms with E-state index in [0.29, 0.717) is 5.41 Å². The van der Waals surface area contributed by atoms with Gasteiger partial charge in [0.1, 0.15) is 0 Å². The highest BCUT2D eigenvalue weighted by molar-refractivity contribution is 9.11. The van der Waals surface area contributed by atoms with Gasteiger partial charge in [0.2, 0.25) is 0 Å². The molecule has 1 aliphatic carbocycles. The van der Waals surface area contributed by atoms with E-state index >= 15 is 0 Å². The van der Waals surface area contributed by atoms with Crippen LogP contribution in [0.15, 0.2) is 15.9 Å². The van der Waals surface area contributed by atoms with Gasteiger partial charge in [0, 0.05) is 10.9 Å². The highest BCUT2D eigenvalue weighted by Crippen LogP contribution is 2.50. The average molecular weight is 288 g/mol. The summed E-state index contributed by atoms with van der Waals surface area (Å²) in [6.07, 6.45) is 6.53. The van der Waals surface area contributed by atoms with Crippen LogP contribution in [-0.2, 0) is 0 Å². The van der Waals surface area contributed by atoms with Crippen LogP contribution in [0.3, 0.4) is 0 Å². The Balaban J connectivity index is 2.21. The summed E-state index contributed by atoms with van der Waals surface area (Å²) in [7, 11) is 0. The first-order valence-electron chi connectivity index (χ1n) is 5.69. The molecule has 1 nitrogen and oxygen atoms in total. The van der Waals surface area contributed by atoms with Crippen molar-refractivity contribution in [2.75, 3.05) is 0 Å². The lowest BCUT2D eigenvalue weighted by atomic mass is 9.76. The monoisotopic (exact) mass is 287 g/mol. The maximum absolute atomic E-state index is 6.45. The average Bonchev–Trinajstić information content (AvgIpc) is 2.86. The molecular weight excluding hydrogens is 270 g/mol. The molecule has 1 unspecified atom stereocenters. The molecular formula is C12H18BrNS. The second-order valence-electron chi connectivity index (χ2n) is 4.54. The molecule has 0 saturated heterocycles. The summed E-state index contributed by atoms with van der Waals surface area (Å²) < 4.78 is 1.19. The highest BCUT2D eigenvalue weighted by Gasteiger charge is 2.38. The van der Waals surface area contributed by atoms with Crippen LogP contribution in [0.5, 0.6) is 0 Å². The number of thiophene rings is 1. The van der Waals surface area contributed by atoms with Gasteiger partial charge in [0.15, 0.2) is 0 Å². The van der Waals surface area contributed by atoms with Gasteiger partial charge in [-0.1, -0.05) is 19.8 Å². The molecule has 2 rings (SSSR count). The Bertz CT molecular complexity index is 328. The molecule has 1 aromatic heterocycles. The van der Waals surface area contributed by atoms with E-state index in [1.807, 2.05) is 0 Å². The zero-order valence-electron chi connectivity index (χ0n) is 9.13. The number of hydrogen-bond acceptors (Lipinski definition) is 2. The van der Waals surface area contributed by atoms with Crippen LogP contribution in [-0.4, -0.2) is 0 Å². The lowest BCUT2D eigenvalue weighted by Crippen LogP contribution is -2.30. The third-order valence-corrected chi connectivity index (χ3v) is 5.57. The summed E-state index contributed by atoms with van der Waals surface area (Å²) in [5, 5.41) is 0. The van der Waals surface area contributed by atoms with Crippen molar-refractivity contribution in [3.8, 4) is 0 Å². The van der Waals surface area contributed by atoms with Gasteiger partial charge in [-0.25, -0.2) is 0 Å². The molecule has 0 amide bonds. The van der Waals surface area contributed by atoms with Crippen molar-refractivity contribution in [3.63, 3.8) is 0 Å². The van der Waals surface area contributed by atoms with E-state index in [-0.39, 0.29) is 6.04 Å². The highest BCUT2D eigenvalue weighted by atomic mass is 79.9. The number of halogens is 1. The van der Waals surface area contributed by atoms with Gasteiger partial charge in [-0.15, -0.1) is 11.3 Å². The van der Waals surface area contributed by atoms with Crippen molar-refractivity contribution in [2.24, 2.45) is 11.1 Å². The molecule has 1 fully saturated rings. The maximum atomic E-state index is 6.45. The minimum Gasteiger partial charge on any atom is -0.323 e. The first kappa shape index (κ1) is 11.6. The Morgan fingerprint density at radius 2 is 2.13 bits per heavy atom. The van der Waals surface area contributed by atoms with Crippen LogP contribution in [0.2, 0.25) is 0 Å². The molecule has 1 atom stereocenters. The number of rotatable bonds is 3. The fourth-order valence-electron chi connectivity index (χ4n) is 2.76. The Labute approximate surface area is 104 Å². The third-order valence-electron chi connectivity index (χ3n) is 3.86. The molecule has 15 heavy (non-hydrogen) atoms. The first-order valence-corrected chi connectivity index (χ1v) is 7.30. The molecule has 0 aromatic carbocycles. The summed E-state index contributed by atoms with van der Waals surface area (Å²) in [5.74, 6) is 0. The van der Waals surface area contributed by atoms with Gasteiger partial charge in [0.05, 0.1) is 3.79 Å². The van der Waals surface area contributed by atoms with E-state index in [9.17, 15) is 0 Å². The zero-order chi connectivity index (χ0) is 10.9. The fraction of sp³-hybridized carbons (Fsp3) is 0.667. The molecule has 0 bridgehead atoms. The van der Waals surface area contributed by atoms with Gasteiger partial charge in [0.25, 0.3) is 0 Å². The SMILES string of the molecule is CCC1(C(N)c2ccc(Br)s2)CCCC1. The minimum atomic E-state index is 0.237. The first-order chi connectivity index (χ1) is 7.18. The molecule has 1 saturated carbocycles. The van der Waals surface area contributed by atoms with E-state index in [4.69, 9.17) is 5.73 Å². The largest absolute Gasteiger partial charge is 0.323 e. The second kappa shape index (κ2) is 4.56. The number of nitrogens with two attached hydrogens (primary N) is 1. The predicted octanol–water partition coefficient (Wildman–Crippen LogP) is 4.48. The molecule has 1 aromatic rings. The topological polar surface area (TPSA) is 26.0 Å². The Morgan fingerprint density at radius 3 is 2.60 bits per heavy atom. The summed E-state index contributed by atoms with van der Waals surface area (Å²) in [6.45, 7) is 2.29. The van der Waals surface area contributed by atoms with Crippen LogP contribution >= 0.6 is 27.3 Å². The standard InChI is InChI=1S/C12H18BrNS/c1-2-12(7-3-4-8-12)11(14)9-5-6-10(13)15-9/h5-6,11H,2-4,7-8,14H2,1H3. The van der Waals surface area contributed by atoms with Gasteiger partial charge in [-0.3, -0.25) is 0 Å². The lowest BCUT2D eigenvalue weighted by molar-refractivity contribution is 0.225. The number of hydrogen-bond donors (Lipinski definition) is 1. The predicted molar refractivity (Wildman–Crippen MR) is 70.1 cm³/mol.